The normalized spacial score (nSPS) is 16.5. The fourth-order valence-corrected chi connectivity index (χ4v) is 4.13. The first-order chi connectivity index (χ1) is 15.4. The zero-order valence-electron chi connectivity index (χ0n) is 18.5. The van der Waals surface area contributed by atoms with Crippen LogP contribution in [0.2, 0.25) is 0 Å². The highest BCUT2D eigenvalue weighted by molar-refractivity contribution is 7.80. The summed E-state index contributed by atoms with van der Waals surface area (Å²) in [5.41, 5.74) is 5.72. The predicted molar refractivity (Wildman–Crippen MR) is 125 cm³/mol. The zero-order chi connectivity index (χ0) is 22.8. The van der Waals surface area contributed by atoms with E-state index >= 15 is 0 Å². The summed E-state index contributed by atoms with van der Waals surface area (Å²) in [6.07, 6.45) is 0. The molecule has 1 unspecified atom stereocenters. The van der Waals surface area contributed by atoms with Gasteiger partial charge in [0.15, 0.2) is 5.11 Å². The standard InChI is InChI=1S/C24H25FN4O2S/c1-14-8-9-17(12-15(14)2)21-20(16(3)29(10-11-30-4)24(32)26-21)23-27-22(28-31-23)18-6-5-7-19(25)13-18/h5-9,12-13,21H,10-11H2,1-4H3,(H,26,32). The smallest absolute Gasteiger partial charge is 0.258 e. The lowest BCUT2D eigenvalue weighted by molar-refractivity contribution is 0.183. The fourth-order valence-electron chi connectivity index (χ4n) is 3.78. The van der Waals surface area contributed by atoms with Gasteiger partial charge in [0, 0.05) is 24.9 Å². The minimum atomic E-state index is -0.354. The van der Waals surface area contributed by atoms with E-state index in [1.807, 2.05) is 11.8 Å². The van der Waals surface area contributed by atoms with Gasteiger partial charge in [0.2, 0.25) is 5.82 Å². The van der Waals surface area contributed by atoms with Gasteiger partial charge in [0.05, 0.1) is 18.2 Å². The first-order valence-corrected chi connectivity index (χ1v) is 10.7. The SMILES string of the molecule is COCCN1C(=S)NC(c2ccc(C)c(C)c2)C(c2nc(-c3cccc(F)c3)no2)=C1C. The van der Waals surface area contributed by atoms with Crippen LogP contribution in [0, 0.1) is 19.7 Å². The minimum Gasteiger partial charge on any atom is -0.383 e. The van der Waals surface area contributed by atoms with Gasteiger partial charge in [-0.05, 0) is 61.8 Å². The van der Waals surface area contributed by atoms with Crippen molar-refractivity contribution in [2.24, 2.45) is 0 Å². The number of aromatic nitrogens is 2. The Labute approximate surface area is 192 Å². The number of hydrogen-bond donors (Lipinski definition) is 1. The number of allylic oxidation sites excluding steroid dienone is 1. The van der Waals surface area contributed by atoms with Gasteiger partial charge in [-0.1, -0.05) is 35.5 Å². The molecule has 1 atom stereocenters. The first kappa shape index (κ1) is 22.1. The summed E-state index contributed by atoms with van der Waals surface area (Å²) in [6, 6.07) is 12.2. The third-order valence-electron chi connectivity index (χ3n) is 5.72. The van der Waals surface area contributed by atoms with Gasteiger partial charge in [0.25, 0.3) is 5.89 Å². The molecule has 0 spiro atoms. The molecule has 3 aromatic rings. The summed E-state index contributed by atoms with van der Waals surface area (Å²) in [5.74, 6) is 0.338. The van der Waals surface area contributed by atoms with Gasteiger partial charge in [-0.2, -0.15) is 4.98 Å². The maximum Gasteiger partial charge on any atom is 0.258 e. The van der Waals surface area contributed by atoms with E-state index in [0.717, 1.165) is 16.8 Å². The van der Waals surface area contributed by atoms with Crippen LogP contribution in [0.3, 0.4) is 0 Å². The summed E-state index contributed by atoms with van der Waals surface area (Å²) in [6.45, 7) is 7.24. The molecule has 0 fully saturated rings. The van der Waals surface area contributed by atoms with Crippen LogP contribution in [-0.2, 0) is 4.74 Å². The van der Waals surface area contributed by atoms with Crippen molar-refractivity contribution in [3.8, 4) is 11.4 Å². The van der Waals surface area contributed by atoms with Crippen LogP contribution in [0.4, 0.5) is 4.39 Å². The van der Waals surface area contributed by atoms with Gasteiger partial charge in [0.1, 0.15) is 5.82 Å². The molecule has 32 heavy (non-hydrogen) atoms. The molecule has 0 aliphatic carbocycles. The van der Waals surface area contributed by atoms with Gasteiger partial charge >= 0.3 is 0 Å². The number of rotatable bonds is 6. The second kappa shape index (κ2) is 9.18. The Hall–Kier alpha value is -3.10. The molecule has 0 saturated heterocycles. The van der Waals surface area contributed by atoms with E-state index in [1.165, 1.54) is 23.3 Å². The maximum atomic E-state index is 13.7. The van der Waals surface area contributed by atoms with Crippen molar-refractivity contribution >= 4 is 22.9 Å². The van der Waals surface area contributed by atoms with Crippen LogP contribution in [0.25, 0.3) is 17.0 Å². The summed E-state index contributed by atoms with van der Waals surface area (Å²) in [7, 11) is 1.65. The van der Waals surface area contributed by atoms with Crippen molar-refractivity contribution in [3.63, 3.8) is 0 Å². The Morgan fingerprint density at radius 1 is 1.16 bits per heavy atom. The summed E-state index contributed by atoms with van der Waals surface area (Å²) in [5, 5.41) is 8.15. The molecule has 1 N–H and O–H groups in total. The molecule has 0 saturated carbocycles. The number of halogens is 1. The molecule has 4 rings (SSSR count). The van der Waals surface area contributed by atoms with Crippen LogP contribution in [0.5, 0.6) is 0 Å². The summed E-state index contributed by atoms with van der Waals surface area (Å²) >= 11 is 5.67. The average molecular weight is 453 g/mol. The zero-order valence-corrected chi connectivity index (χ0v) is 19.3. The molecule has 0 radical (unpaired) electrons. The molecule has 1 aliphatic rings. The Kier molecular flexibility index (Phi) is 6.34. The van der Waals surface area contributed by atoms with E-state index in [9.17, 15) is 4.39 Å². The number of thiocarbonyl (C=S) groups is 1. The molecule has 2 aromatic carbocycles. The third kappa shape index (κ3) is 4.28. The number of methoxy groups -OCH3 is 1. The molecule has 0 amide bonds. The molecule has 1 aliphatic heterocycles. The first-order valence-electron chi connectivity index (χ1n) is 10.3. The largest absolute Gasteiger partial charge is 0.383 e. The lowest BCUT2D eigenvalue weighted by atomic mass is 9.92. The van der Waals surface area contributed by atoms with Gasteiger partial charge in [-0.15, -0.1) is 0 Å². The quantitative estimate of drug-likeness (QED) is 0.539. The number of nitrogens with zero attached hydrogens (tertiary/aromatic N) is 3. The number of aryl methyl sites for hydroxylation is 2. The summed E-state index contributed by atoms with van der Waals surface area (Å²) < 4.78 is 24.6. The van der Waals surface area contributed by atoms with Crippen molar-refractivity contribution in [2.45, 2.75) is 26.8 Å². The lowest BCUT2D eigenvalue weighted by Crippen LogP contribution is -2.47. The highest BCUT2D eigenvalue weighted by Gasteiger charge is 2.34. The monoisotopic (exact) mass is 452 g/mol. The van der Waals surface area contributed by atoms with E-state index in [-0.39, 0.29) is 11.9 Å². The van der Waals surface area contributed by atoms with Crippen molar-refractivity contribution in [1.29, 1.82) is 0 Å². The van der Waals surface area contributed by atoms with E-state index in [0.29, 0.717) is 35.5 Å². The van der Waals surface area contributed by atoms with E-state index in [1.54, 1.807) is 19.2 Å². The molecule has 1 aromatic heterocycles. The van der Waals surface area contributed by atoms with Crippen LogP contribution in [0.15, 0.2) is 52.7 Å². The number of nitrogens with one attached hydrogen (secondary N) is 1. The van der Waals surface area contributed by atoms with Gasteiger partial charge in [-0.3, -0.25) is 0 Å². The van der Waals surface area contributed by atoms with Crippen molar-refractivity contribution in [3.05, 3.63) is 76.6 Å². The van der Waals surface area contributed by atoms with Crippen molar-refractivity contribution < 1.29 is 13.7 Å². The molecule has 6 nitrogen and oxygen atoms in total. The molecule has 8 heteroatoms. The molecule has 0 bridgehead atoms. The van der Waals surface area contributed by atoms with Crippen LogP contribution in [-0.4, -0.2) is 40.4 Å². The maximum absolute atomic E-state index is 13.7. The fraction of sp³-hybridized carbons (Fsp3) is 0.292. The highest BCUT2D eigenvalue weighted by atomic mass is 32.1. The molecular weight excluding hydrogens is 427 g/mol. The Morgan fingerprint density at radius 2 is 1.97 bits per heavy atom. The highest BCUT2D eigenvalue weighted by Crippen LogP contribution is 2.37. The number of ether oxygens (including phenoxy) is 1. The van der Waals surface area contributed by atoms with Crippen LogP contribution in [0.1, 0.15) is 35.5 Å². The van der Waals surface area contributed by atoms with E-state index in [2.05, 4.69) is 47.5 Å². The Morgan fingerprint density at radius 3 is 2.69 bits per heavy atom. The average Bonchev–Trinajstić information content (AvgIpc) is 3.25. The molecule has 2 heterocycles. The topological polar surface area (TPSA) is 63.4 Å². The second-order valence-corrected chi connectivity index (χ2v) is 8.19. The van der Waals surface area contributed by atoms with E-state index < -0.39 is 0 Å². The lowest BCUT2D eigenvalue weighted by Gasteiger charge is -2.37. The van der Waals surface area contributed by atoms with Gasteiger partial charge in [-0.25, -0.2) is 4.39 Å². The molecule has 166 valence electrons. The van der Waals surface area contributed by atoms with Gasteiger partial charge < -0.3 is 19.5 Å². The van der Waals surface area contributed by atoms with Crippen LogP contribution >= 0.6 is 12.2 Å². The van der Waals surface area contributed by atoms with Crippen molar-refractivity contribution in [2.75, 3.05) is 20.3 Å². The second-order valence-electron chi connectivity index (χ2n) is 7.80. The van der Waals surface area contributed by atoms with E-state index in [4.69, 9.17) is 21.5 Å². The number of benzene rings is 2. The molecular formula is C24H25FN4O2S. The Balaban J connectivity index is 1.82. The minimum absolute atomic E-state index is 0.263. The van der Waals surface area contributed by atoms with Crippen LogP contribution < -0.4 is 5.32 Å². The number of hydrogen-bond acceptors (Lipinski definition) is 5. The Bertz CT molecular complexity index is 1190. The van der Waals surface area contributed by atoms with Crippen molar-refractivity contribution in [1.82, 2.24) is 20.4 Å². The predicted octanol–water partition coefficient (Wildman–Crippen LogP) is 4.80. The summed E-state index contributed by atoms with van der Waals surface area (Å²) in [4.78, 5) is 6.58. The third-order valence-corrected chi connectivity index (χ3v) is 6.06.